The second-order valence-corrected chi connectivity index (χ2v) is 9.47. The van der Waals surface area contributed by atoms with E-state index in [1.807, 2.05) is 0 Å². The summed E-state index contributed by atoms with van der Waals surface area (Å²) in [6.07, 6.45) is 1.66. The van der Waals surface area contributed by atoms with E-state index in [2.05, 4.69) is 21.2 Å². The first-order valence-electron chi connectivity index (χ1n) is 7.85. The maximum absolute atomic E-state index is 12.8. The van der Waals surface area contributed by atoms with Gasteiger partial charge in [0, 0.05) is 23.2 Å². The van der Waals surface area contributed by atoms with E-state index in [4.69, 9.17) is 23.2 Å². The highest BCUT2D eigenvalue weighted by molar-refractivity contribution is 9.10. The number of sulfonamides is 1. The van der Waals surface area contributed by atoms with Gasteiger partial charge in [0.25, 0.3) is 5.91 Å². The third-order valence-corrected chi connectivity index (χ3v) is 7.23. The van der Waals surface area contributed by atoms with Crippen LogP contribution in [0.5, 0.6) is 0 Å². The van der Waals surface area contributed by atoms with Gasteiger partial charge >= 0.3 is 0 Å². The zero-order valence-corrected chi connectivity index (χ0v) is 17.4. The predicted octanol–water partition coefficient (Wildman–Crippen LogP) is 4.79. The molecule has 0 saturated carbocycles. The SMILES string of the molecule is O=C(Nc1ccc(Cl)c(S(=O)(=O)N2CCCC2)c1)c1ccc(Br)cc1Cl. The molecule has 1 saturated heterocycles. The first-order chi connectivity index (χ1) is 12.3. The molecular formula is C17H15BrCl2N2O3S. The van der Waals surface area contributed by atoms with Crippen molar-refractivity contribution in [2.75, 3.05) is 18.4 Å². The highest BCUT2D eigenvalue weighted by atomic mass is 79.9. The van der Waals surface area contributed by atoms with Crippen molar-refractivity contribution < 1.29 is 13.2 Å². The highest BCUT2D eigenvalue weighted by Gasteiger charge is 2.29. The van der Waals surface area contributed by atoms with Crippen LogP contribution < -0.4 is 5.32 Å². The Hall–Kier alpha value is -1.12. The smallest absolute Gasteiger partial charge is 0.257 e. The van der Waals surface area contributed by atoms with Crippen LogP contribution in [-0.2, 0) is 10.0 Å². The Labute approximate surface area is 170 Å². The van der Waals surface area contributed by atoms with E-state index in [0.29, 0.717) is 18.8 Å². The molecule has 0 bridgehead atoms. The van der Waals surface area contributed by atoms with Crippen LogP contribution in [-0.4, -0.2) is 31.7 Å². The zero-order chi connectivity index (χ0) is 18.9. The number of carbonyl (C=O) groups is 1. The van der Waals surface area contributed by atoms with Gasteiger partial charge in [0.15, 0.2) is 0 Å². The number of rotatable bonds is 4. The van der Waals surface area contributed by atoms with Crippen LogP contribution in [0.15, 0.2) is 45.8 Å². The average Bonchev–Trinajstić information content (AvgIpc) is 3.11. The lowest BCUT2D eigenvalue weighted by atomic mass is 10.2. The number of benzene rings is 2. The van der Waals surface area contributed by atoms with Crippen LogP contribution in [0.25, 0.3) is 0 Å². The second kappa shape index (κ2) is 7.86. The largest absolute Gasteiger partial charge is 0.322 e. The molecule has 1 aliphatic heterocycles. The van der Waals surface area contributed by atoms with Crippen LogP contribution in [0.2, 0.25) is 10.0 Å². The minimum atomic E-state index is -3.69. The minimum absolute atomic E-state index is 0.0132. The topological polar surface area (TPSA) is 66.5 Å². The van der Waals surface area contributed by atoms with Gasteiger partial charge in [-0.25, -0.2) is 8.42 Å². The molecule has 0 atom stereocenters. The molecule has 26 heavy (non-hydrogen) atoms. The molecule has 0 spiro atoms. The fraction of sp³-hybridized carbons (Fsp3) is 0.235. The first-order valence-corrected chi connectivity index (χ1v) is 10.8. The quantitative estimate of drug-likeness (QED) is 0.688. The molecule has 138 valence electrons. The van der Waals surface area contributed by atoms with Crippen molar-refractivity contribution in [1.29, 1.82) is 0 Å². The molecule has 1 N–H and O–H groups in total. The third kappa shape index (κ3) is 4.07. The van der Waals surface area contributed by atoms with Gasteiger partial charge in [-0.05, 0) is 49.2 Å². The van der Waals surface area contributed by atoms with Crippen molar-refractivity contribution in [2.24, 2.45) is 0 Å². The Morgan fingerprint density at radius 3 is 2.38 bits per heavy atom. The van der Waals surface area contributed by atoms with Crippen molar-refractivity contribution in [3.63, 3.8) is 0 Å². The summed E-state index contributed by atoms with van der Waals surface area (Å²) >= 11 is 15.5. The van der Waals surface area contributed by atoms with Gasteiger partial charge < -0.3 is 5.32 Å². The van der Waals surface area contributed by atoms with E-state index < -0.39 is 15.9 Å². The summed E-state index contributed by atoms with van der Waals surface area (Å²) in [4.78, 5) is 12.4. The zero-order valence-electron chi connectivity index (χ0n) is 13.5. The number of hydrogen-bond donors (Lipinski definition) is 1. The van der Waals surface area contributed by atoms with Crippen molar-refractivity contribution in [3.8, 4) is 0 Å². The van der Waals surface area contributed by atoms with Crippen LogP contribution in [0, 0.1) is 0 Å². The van der Waals surface area contributed by atoms with E-state index in [0.717, 1.165) is 17.3 Å². The maximum atomic E-state index is 12.8. The summed E-state index contributed by atoms with van der Waals surface area (Å²) in [6, 6.07) is 9.28. The standard InChI is InChI=1S/C17H15BrCl2N2O3S/c18-11-3-5-13(15(20)9-11)17(23)21-12-4-6-14(19)16(10-12)26(24,25)22-7-1-2-8-22/h3-6,9-10H,1-2,7-8H2,(H,21,23). The molecule has 0 unspecified atom stereocenters. The molecule has 5 nitrogen and oxygen atoms in total. The normalized spacial score (nSPS) is 15.2. The number of hydrogen-bond acceptors (Lipinski definition) is 3. The van der Waals surface area contributed by atoms with Crippen molar-refractivity contribution >= 4 is 60.7 Å². The molecule has 0 aromatic heterocycles. The average molecular weight is 478 g/mol. The second-order valence-electron chi connectivity index (χ2n) is 5.83. The molecule has 2 aromatic carbocycles. The van der Waals surface area contributed by atoms with E-state index in [1.54, 1.807) is 24.3 Å². The number of halogens is 3. The molecular weight excluding hydrogens is 463 g/mol. The summed E-state index contributed by atoms with van der Waals surface area (Å²) in [5.74, 6) is -0.436. The van der Waals surface area contributed by atoms with Gasteiger partial charge in [0.05, 0.1) is 15.6 Å². The van der Waals surface area contributed by atoms with E-state index >= 15 is 0 Å². The van der Waals surface area contributed by atoms with Crippen molar-refractivity contribution in [2.45, 2.75) is 17.7 Å². The Balaban J connectivity index is 1.89. The summed E-state index contributed by atoms with van der Waals surface area (Å²) in [5, 5.41) is 3.08. The molecule has 0 radical (unpaired) electrons. The number of amides is 1. The van der Waals surface area contributed by atoms with E-state index in [9.17, 15) is 13.2 Å². The molecule has 1 aliphatic rings. The van der Waals surface area contributed by atoms with Gasteiger partial charge in [0.2, 0.25) is 10.0 Å². The van der Waals surface area contributed by atoms with Gasteiger partial charge in [0.1, 0.15) is 4.90 Å². The summed E-state index contributed by atoms with van der Waals surface area (Å²) in [6.45, 7) is 0.952. The van der Waals surface area contributed by atoms with Crippen LogP contribution in [0.3, 0.4) is 0 Å². The van der Waals surface area contributed by atoms with Crippen molar-refractivity contribution in [1.82, 2.24) is 4.31 Å². The Morgan fingerprint density at radius 1 is 1.04 bits per heavy atom. The lowest BCUT2D eigenvalue weighted by Gasteiger charge is -2.17. The minimum Gasteiger partial charge on any atom is -0.322 e. The van der Waals surface area contributed by atoms with Crippen LogP contribution in [0.1, 0.15) is 23.2 Å². The molecule has 1 amide bonds. The molecule has 3 rings (SSSR count). The maximum Gasteiger partial charge on any atom is 0.257 e. The fourth-order valence-electron chi connectivity index (χ4n) is 2.72. The van der Waals surface area contributed by atoms with Gasteiger partial charge in [-0.2, -0.15) is 4.31 Å². The molecule has 1 heterocycles. The predicted molar refractivity (Wildman–Crippen MR) is 107 cm³/mol. The van der Waals surface area contributed by atoms with E-state index in [1.165, 1.54) is 16.4 Å². The van der Waals surface area contributed by atoms with Gasteiger partial charge in [-0.3, -0.25) is 4.79 Å². The lowest BCUT2D eigenvalue weighted by molar-refractivity contribution is 0.102. The molecule has 9 heteroatoms. The van der Waals surface area contributed by atoms with Crippen molar-refractivity contribution in [3.05, 3.63) is 56.5 Å². The Morgan fingerprint density at radius 2 is 1.73 bits per heavy atom. The molecule has 0 aliphatic carbocycles. The van der Waals surface area contributed by atoms with Gasteiger partial charge in [-0.1, -0.05) is 39.1 Å². The van der Waals surface area contributed by atoms with Gasteiger partial charge in [-0.15, -0.1) is 0 Å². The molecule has 2 aromatic rings. The monoisotopic (exact) mass is 476 g/mol. The lowest BCUT2D eigenvalue weighted by Crippen LogP contribution is -2.28. The van der Waals surface area contributed by atoms with E-state index in [-0.39, 0.29) is 20.5 Å². The summed E-state index contributed by atoms with van der Waals surface area (Å²) < 4.78 is 27.7. The fourth-order valence-corrected chi connectivity index (χ4v) is 5.50. The van der Waals surface area contributed by atoms with Crippen LogP contribution in [0.4, 0.5) is 5.69 Å². The number of anilines is 1. The Bertz CT molecular complexity index is 960. The summed E-state index contributed by atoms with van der Waals surface area (Å²) in [7, 11) is -3.69. The van der Waals surface area contributed by atoms with Crippen LogP contribution >= 0.6 is 39.1 Å². The summed E-state index contributed by atoms with van der Waals surface area (Å²) in [5.41, 5.74) is 0.616. The Kier molecular flexibility index (Phi) is 5.94. The molecule has 1 fully saturated rings. The number of carbonyl (C=O) groups excluding carboxylic acids is 1. The third-order valence-electron chi connectivity index (χ3n) is 4.05. The number of nitrogens with zero attached hydrogens (tertiary/aromatic N) is 1. The highest BCUT2D eigenvalue weighted by Crippen LogP contribution is 2.30. The number of nitrogens with one attached hydrogen (secondary N) is 1. The first kappa shape index (κ1) is 19.6.